The number of aliphatic carboxylic acids is 1. The highest BCUT2D eigenvalue weighted by Gasteiger charge is 2.32. The van der Waals surface area contributed by atoms with E-state index in [0.29, 0.717) is 44.0 Å². The molecule has 0 aromatic heterocycles. The SMILES string of the molecule is CCN(CC(=O)O)C1CCN(S(=O)(=O)c2ccc3c(c2)OCO3)CC1. The number of nitrogens with zero attached hydrogens (tertiary/aromatic N) is 2. The van der Waals surface area contributed by atoms with Crippen molar-refractivity contribution < 1.29 is 27.8 Å². The van der Waals surface area contributed by atoms with Gasteiger partial charge in [-0.25, -0.2) is 8.42 Å². The van der Waals surface area contributed by atoms with Gasteiger partial charge in [-0.15, -0.1) is 0 Å². The monoisotopic (exact) mass is 370 g/mol. The summed E-state index contributed by atoms with van der Waals surface area (Å²) in [5, 5.41) is 8.98. The lowest BCUT2D eigenvalue weighted by molar-refractivity contribution is -0.139. The fourth-order valence-corrected chi connectivity index (χ4v) is 4.79. The molecule has 0 aliphatic carbocycles. The second kappa shape index (κ2) is 7.19. The lowest BCUT2D eigenvalue weighted by atomic mass is 10.0. The van der Waals surface area contributed by atoms with Crippen molar-refractivity contribution in [2.24, 2.45) is 0 Å². The number of hydrogen-bond acceptors (Lipinski definition) is 6. The molecular formula is C16H22N2O6S. The average Bonchev–Trinajstić information content (AvgIpc) is 3.07. The smallest absolute Gasteiger partial charge is 0.317 e. The zero-order valence-electron chi connectivity index (χ0n) is 14.1. The standard InChI is InChI=1S/C16H22N2O6S/c1-2-17(10-16(19)20)12-5-7-18(8-6-12)25(21,22)13-3-4-14-15(9-13)24-11-23-14/h3-4,9,12H,2,5-8,10-11H2,1H3,(H,19,20). The molecule has 1 aromatic carbocycles. The second-order valence-electron chi connectivity index (χ2n) is 6.11. The van der Waals surface area contributed by atoms with Crippen LogP contribution < -0.4 is 9.47 Å². The summed E-state index contributed by atoms with van der Waals surface area (Å²) in [7, 11) is -3.60. The molecule has 3 rings (SSSR count). The molecule has 0 spiro atoms. The second-order valence-corrected chi connectivity index (χ2v) is 8.05. The molecule has 0 radical (unpaired) electrons. The van der Waals surface area contributed by atoms with E-state index in [1.807, 2.05) is 11.8 Å². The number of carboxylic acid groups (broad SMARTS) is 1. The molecule has 0 saturated carbocycles. The fraction of sp³-hybridized carbons (Fsp3) is 0.562. The molecular weight excluding hydrogens is 348 g/mol. The number of ether oxygens (including phenoxy) is 2. The van der Waals surface area contributed by atoms with Crippen molar-refractivity contribution in [1.29, 1.82) is 0 Å². The Morgan fingerprint density at radius 2 is 1.96 bits per heavy atom. The van der Waals surface area contributed by atoms with E-state index in [4.69, 9.17) is 14.6 Å². The first-order chi connectivity index (χ1) is 11.9. The van der Waals surface area contributed by atoms with Crippen LogP contribution in [0.3, 0.4) is 0 Å². The maximum atomic E-state index is 12.8. The van der Waals surface area contributed by atoms with Crippen LogP contribution in [0.4, 0.5) is 0 Å². The largest absolute Gasteiger partial charge is 0.480 e. The third-order valence-corrected chi connectivity index (χ3v) is 6.56. The Kier molecular flexibility index (Phi) is 5.16. The molecule has 0 atom stereocenters. The summed E-state index contributed by atoms with van der Waals surface area (Å²) in [6.07, 6.45) is 1.23. The summed E-state index contributed by atoms with van der Waals surface area (Å²) in [5.41, 5.74) is 0. The number of benzene rings is 1. The van der Waals surface area contributed by atoms with Crippen molar-refractivity contribution in [1.82, 2.24) is 9.21 Å². The maximum Gasteiger partial charge on any atom is 0.317 e. The van der Waals surface area contributed by atoms with Crippen LogP contribution in [-0.4, -0.2) is 67.7 Å². The van der Waals surface area contributed by atoms with Crippen molar-refractivity contribution in [3.63, 3.8) is 0 Å². The Morgan fingerprint density at radius 3 is 2.60 bits per heavy atom. The van der Waals surface area contributed by atoms with Gasteiger partial charge in [0.05, 0.1) is 11.4 Å². The minimum atomic E-state index is -3.60. The summed E-state index contributed by atoms with van der Waals surface area (Å²) < 4.78 is 37.6. The van der Waals surface area contributed by atoms with Gasteiger partial charge in [-0.3, -0.25) is 9.69 Å². The Bertz CT molecular complexity index is 743. The van der Waals surface area contributed by atoms with Crippen LogP contribution in [0, 0.1) is 0 Å². The number of piperidine rings is 1. The van der Waals surface area contributed by atoms with Crippen molar-refractivity contribution in [2.75, 3.05) is 33.0 Å². The number of likely N-dealkylation sites (N-methyl/N-ethyl adjacent to an activating group) is 1. The van der Waals surface area contributed by atoms with Crippen LogP contribution in [0.2, 0.25) is 0 Å². The van der Waals surface area contributed by atoms with E-state index in [2.05, 4.69) is 0 Å². The quantitative estimate of drug-likeness (QED) is 0.797. The first-order valence-corrected chi connectivity index (χ1v) is 9.71. The van der Waals surface area contributed by atoms with Gasteiger partial charge in [0.1, 0.15) is 0 Å². The summed E-state index contributed by atoms with van der Waals surface area (Å²) in [5.74, 6) is 0.122. The number of sulfonamides is 1. The molecule has 1 saturated heterocycles. The van der Waals surface area contributed by atoms with E-state index >= 15 is 0 Å². The molecule has 8 nitrogen and oxygen atoms in total. The molecule has 0 unspecified atom stereocenters. The molecule has 138 valence electrons. The molecule has 9 heteroatoms. The topological polar surface area (TPSA) is 96.4 Å². The molecule has 2 heterocycles. The van der Waals surface area contributed by atoms with Crippen molar-refractivity contribution >= 4 is 16.0 Å². The zero-order chi connectivity index (χ0) is 18.0. The van der Waals surface area contributed by atoms with Gasteiger partial charge in [0.15, 0.2) is 11.5 Å². The normalized spacial score (nSPS) is 18.6. The molecule has 0 amide bonds. The molecule has 2 aliphatic heterocycles. The molecule has 0 bridgehead atoms. The highest BCUT2D eigenvalue weighted by atomic mass is 32.2. The minimum absolute atomic E-state index is 0.0178. The third-order valence-electron chi connectivity index (χ3n) is 4.67. The van der Waals surface area contributed by atoms with Gasteiger partial charge in [-0.05, 0) is 31.5 Å². The Balaban J connectivity index is 1.68. The number of hydrogen-bond donors (Lipinski definition) is 1. The predicted octanol–water partition coefficient (Wildman–Crippen LogP) is 0.975. The molecule has 1 fully saturated rings. The first kappa shape index (κ1) is 18.0. The Labute approximate surface area is 147 Å². The molecule has 1 aromatic rings. The Hall–Kier alpha value is -1.84. The summed E-state index contributed by atoms with van der Waals surface area (Å²) in [6.45, 7) is 3.37. The number of rotatable bonds is 6. The van der Waals surface area contributed by atoms with E-state index in [9.17, 15) is 13.2 Å². The van der Waals surface area contributed by atoms with Crippen LogP contribution in [0.1, 0.15) is 19.8 Å². The first-order valence-electron chi connectivity index (χ1n) is 8.27. The van der Waals surface area contributed by atoms with E-state index in [0.717, 1.165) is 0 Å². The number of carbonyl (C=O) groups is 1. The number of fused-ring (bicyclic) bond motifs is 1. The minimum Gasteiger partial charge on any atom is -0.480 e. The summed E-state index contributed by atoms with van der Waals surface area (Å²) >= 11 is 0. The Morgan fingerprint density at radius 1 is 1.28 bits per heavy atom. The zero-order valence-corrected chi connectivity index (χ0v) is 14.9. The van der Waals surface area contributed by atoms with E-state index in [-0.39, 0.29) is 24.3 Å². The summed E-state index contributed by atoms with van der Waals surface area (Å²) in [4.78, 5) is 13.0. The highest BCUT2D eigenvalue weighted by Crippen LogP contribution is 2.35. The van der Waals surface area contributed by atoms with Crippen LogP contribution in [0.25, 0.3) is 0 Å². The summed E-state index contributed by atoms with van der Waals surface area (Å²) in [6, 6.07) is 4.71. The van der Waals surface area contributed by atoms with Gasteiger partial charge >= 0.3 is 5.97 Å². The van der Waals surface area contributed by atoms with Crippen LogP contribution >= 0.6 is 0 Å². The van der Waals surface area contributed by atoms with Gasteiger partial charge in [-0.2, -0.15) is 4.31 Å². The number of carboxylic acids is 1. The van der Waals surface area contributed by atoms with Crippen molar-refractivity contribution in [2.45, 2.75) is 30.7 Å². The van der Waals surface area contributed by atoms with Crippen molar-refractivity contribution in [3.05, 3.63) is 18.2 Å². The van der Waals surface area contributed by atoms with Gasteiger partial charge in [0.25, 0.3) is 0 Å². The van der Waals surface area contributed by atoms with Gasteiger partial charge in [0, 0.05) is 25.2 Å². The van der Waals surface area contributed by atoms with Crippen LogP contribution in [0.15, 0.2) is 23.1 Å². The third kappa shape index (κ3) is 3.73. The van der Waals surface area contributed by atoms with E-state index in [1.54, 1.807) is 6.07 Å². The van der Waals surface area contributed by atoms with E-state index < -0.39 is 16.0 Å². The van der Waals surface area contributed by atoms with Crippen LogP contribution in [-0.2, 0) is 14.8 Å². The lowest BCUT2D eigenvalue weighted by Gasteiger charge is -2.36. The maximum absolute atomic E-state index is 12.8. The highest BCUT2D eigenvalue weighted by molar-refractivity contribution is 7.89. The molecule has 25 heavy (non-hydrogen) atoms. The van der Waals surface area contributed by atoms with Crippen LogP contribution in [0.5, 0.6) is 11.5 Å². The van der Waals surface area contributed by atoms with Crippen molar-refractivity contribution in [3.8, 4) is 11.5 Å². The van der Waals surface area contributed by atoms with Gasteiger partial charge in [0.2, 0.25) is 16.8 Å². The fourth-order valence-electron chi connectivity index (χ4n) is 3.31. The van der Waals surface area contributed by atoms with Gasteiger partial charge < -0.3 is 14.6 Å². The molecule has 2 aliphatic rings. The predicted molar refractivity (Wildman–Crippen MR) is 89.2 cm³/mol. The van der Waals surface area contributed by atoms with E-state index in [1.165, 1.54) is 16.4 Å². The lowest BCUT2D eigenvalue weighted by Crippen LogP contribution is -2.48. The molecule has 1 N–H and O–H groups in total. The average molecular weight is 370 g/mol. The van der Waals surface area contributed by atoms with Gasteiger partial charge in [-0.1, -0.05) is 6.92 Å².